The Kier molecular flexibility index (Phi) is 3.53. The minimum atomic E-state index is -0.145. The van der Waals surface area contributed by atoms with Gasteiger partial charge in [0.1, 0.15) is 5.69 Å². The summed E-state index contributed by atoms with van der Waals surface area (Å²) in [7, 11) is 1.79. The molecule has 1 saturated heterocycles. The molecule has 0 aromatic carbocycles. The molecule has 0 radical (unpaired) electrons. The number of carbonyl (C=O) groups is 1. The van der Waals surface area contributed by atoms with Gasteiger partial charge in [-0.25, -0.2) is 0 Å². The normalized spacial score (nSPS) is 20.7. The fraction of sp³-hybridized carbons (Fsp3) is 0.600. The molecule has 2 heterocycles. The van der Waals surface area contributed by atoms with Crippen LogP contribution in [0.15, 0.2) is 12.3 Å². The van der Waals surface area contributed by atoms with Gasteiger partial charge >= 0.3 is 0 Å². The molecule has 1 aromatic rings. The number of rotatable bonds is 3. The SMILES string of the molecule is Cn1ccc(C(=O)NCC2COCCN2)n1. The number of hydrogen-bond acceptors (Lipinski definition) is 4. The van der Waals surface area contributed by atoms with Crippen LogP contribution in [0, 0.1) is 0 Å². The van der Waals surface area contributed by atoms with Crippen molar-refractivity contribution >= 4 is 5.91 Å². The van der Waals surface area contributed by atoms with Crippen LogP contribution in [0.5, 0.6) is 0 Å². The van der Waals surface area contributed by atoms with E-state index in [0.29, 0.717) is 18.8 Å². The third-order valence-corrected chi connectivity index (χ3v) is 2.45. The van der Waals surface area contributed by atoms with E-state index in [-0.39, 0.29) is 11.9 Å². The van der Waals surface area contributed by atoms with Crippen LogP contribution in [0.1, 0.15) is 10.5 Å². The van der Waals surface area contributed by atoms with Gasteiger partial charge in [-0.15, -0.1) is 0 Å². The Hall–Kier alpha value is -1.40. The Morgan fingerprint density at radius 1 is 1.81 bits per heavy atom. The molecule has 1 atom stereocenters. The number of amides is 1. The summed E-state index contributed by atoms with van der Waals surface area (Å²) in [6, 6.07) is 1.89. The van der Waals surface area contributed by atoms with Gasteiger partial charge in [-0.2, -0.15) is 5.10 Å². The van der Waals surface area contributed by atoms with Crippen molar-refractivity contribution in [1.82, 2.24) is 20.4 Å². The van der Waals surface area contributed by atoms with E-state index in [0.717, 1.165) is 13.2 Å². The van der Waals surface area contributed by atoms with Crippen LogP contribution >= 0.6 is 0 Å². The highest BCUT2D eigenvalue weighted by Gasteiger charge is 2.15. The summed E-state index contributed by atoms with van der Waals surface area (Å²) >= 11 is 0. The quantitative estimate of drug-likeness (QED) is 0.701. The summed E-state index contributed by atoms with van der Waals surface area (Å²) in [5, 5.41) is 10.1. The van der Waals surface area contributed by atoms with Crippen molar-refractivity contribution in [1.29, 1.82) is 0 Å². The van der Waals surface area contributed by atoms with Crippen LogP contribution in [-0.4, -0.2) is 48.0 Å². The lowest BCUT2D eigenvalue weighted by atomic mass is 10.2. The van der Waals surface area contributed by atoms with Crippen LogP contribution in [-0.2, 0) is 11.8 Å². The fourth-order valence-electron chi connectivity index (χ4n) is 1.59. The van der Waals surface area contributed by atoms with Gasteiger partial charge < -0.3 is 15.4 Å². The van der Waals surface area contributed by atoms with E-state index in [4.69, 9.17) is 4.74 Å². The summed E-state index contributed by atoms with van der Waals surface area (Å²) in [6.45, 7) is 2.78. The highest BCUT2D eigenvalue weighted by Crippen LogP contribution is 1.95. The molecule has 88 valence electrons. The number of carbonyl (C=O) groups excluding carboxylic acids is 1. The van der Waals surface area contributed by atoms with Gasteiger partial charge in [0.25, 0.3) is 5.91 Å². The lowest BCUT2D eigenvalue weighted by Crippen LogP contribution is -2.48. The third-order valence-electron chi connectivity index (χ3n) is 2.45. The topological polar surface area (TPSA) is 68.2 Å². The number of nitrogens with one attached hydrogen (secondary N) is 2. The molecule has 0 saturated carbocycles. The number of aromatic nitrogens is 2. The van der Waals surface area contributed by atoms with E-state index in [9.17, 15) is 4.79 Å². The maximum Gasteiger partial charge on any atom is 0.271 e. The average Bonchev–Trinajstić information content (AvgIpc) is 2.74. The van der Waals surface area contributed by atoms with E-state index >= 15 is 0 Å². The van der Waals surface area contributed by atoms with Crippen LogP contribution in [0.4, 0.5) is 0 Å². The van der Waals surface area contributed by atoms with Gasteiger partial charge in [0.15, 0.2) is 0 Å². The summed E-state index contributed by atoms with van der Waals surface area (Å²) in [6.07, 6.45) is 1.75. The second kappa shape index (κ2) is 5.09. The first kappa shape index (κ1) is 11.1. The molecule has 1 unspecified atom stereocenters. The average molecular weight is 224 g/mol. The van der Waals surface area contributed by atoms with Crippen LogP contribution in [0.3, 0.4) is 0 Å². The molecular formula is C10H16N4O2. The minimum Gasteiger partial charge on any atom is -0.378 e. The monoisotopic (exact) mass is 224 g/mol. The van der Waals surface area contributed by atoms with Crippen molar-refractivity contribution in [2.75, 3.05) is 26.3 Å². The van der Waals surface area contributed by atoms with Crippen LogP contribution in [0.2, 0.25) is 0 Å². The van der Waals surface area contributed by atoms with Crippen molar-refractivity contribution in [3.8, 4) is 0 Å². The van der Waals surface area contributed by atoms with E-state index in [2.05, 4.69) is 15.7 Å². The molecule has 1 aliphatic rings. The molecule has 1 aliphatic heterocycles. The zero-order chi connectivity index (χ0) is 11.4. The van der Waals surface area contributed by atoms with Gasteiger partial charge in [0.2, 0.25) is 0 Å². The Bertz CT molecular complexity index is 357. The predicted octanol–water partition coefficient (Wildman–Crippen LogP) is -0.862. The fourth-order valence-corrected chi connectivity index (χ4v) is 1.59. The molecule has 6 heteroatoms. The molecule has 1 aromatic heterocycles. The maximum atomic E-state index is 11.6. The summed E-state index contributed by atoms with van der Waals surface area (Å²) in [5.41, 5.74) is 0.444. The molecule has 1 fully saturated rings. The standard InChI is InChI=1S/C10H16N4O2/c1-14-4-2-9(13-14)10(15)12-6-8-7-16-5-3-11-8/h2,4,8,11H,3,5-7H2,1H3,(H,12,15). The number of morpholine rings is 1. The van der Waals surface area contributed by atoms with E-state index in [1.807, 2.05) is 0 Å². The highest BCUT2D eigenvalue weighted by molar-refractivity contribution is 5.92. The first-order valence-corrected chi connectivity index (χ1v) is 5.34. The highest BCUT2D eigenvalue weighted by atomic mass is 16.5. The van der Waals surface area contributed by atoms with E-state index in [1.54, 1.807) is 24.0 Å². The second-order valence-electron chi connectivity index (χ2n) is 3.81. The van der Waals surface area contributed by atoms with Crippen molar-refractivity contribution in [3.05, 3.63) is 18.0 Å². The van der Waals surface area contributed by atoms with Gasteiger partial charge in [-0.05, 0) is 6.07 Å². The van der Waals surface area contributed by atoms with E-state index < -0.39 is 0 Å². The first-order valence-electron chi connectivity index (χ1n) is 5.34. The molecule has 6 nitrogen and oxygen atoms in total. The van der Waals surface area contributed by atoms with Crippen molar-refractivity contribution in [2.24, 2.45) is 7.05 Å². The molecule has 2 N–H and O–H groups in total. The van der Waals surface area contributed by atoms with E-state index in [1.165, 1.54) is 0 Å². The van der Waals surface area contributed by atoms with Crippen molar-refractivity contribution < 1.29 is 9.53 Å². The molecule has 2 rings (SSSR count). The Morgan fingerprint density at radius 2 is 2.69 bits per heavy atom. The van der Waals surface area contributed by atoms with Gasteiger partial charge in [-0.3, -0.25) is 9.48 Å². The van der Waals surface area contributed by atoms with Gasteiger partial charge in [-0.1, -0.05) is 0 Å². The zero-order valence-corrected chi connectivity index (χ0v) is 9.27. The van der Waals surface area contributed by atoms with Gasteiger partial charge in [0, 0.05) is 32.4 Å². The summed E-state index contributed by atoms with van der Waals surface area (Å²) in [5.74, 6) is -0.145. The smallest absolute Gasteiger partial charge is 0.271 e. The molecule has 0 aliphatic carbocycles. The molecule has 1 amide bonds. The summed E-state index contributed by atoms with van der Waals surface area (Å²) in [4.78, 5) is 11.6. The summed E-state index contributed by atoms with van der Waals surface area (Å²) < 4.78 is 6.90. The lowest BCUT2D eigenvalue weighted by Gasteiger charge is -2.23. The number of nitrogens with zero attached hydrogens (tertiary/aromatic N) is 2. The Labute approximate surface area is 94.0 Å². The molecular weight excluding hydrogens is 208 g/mol. The Balaban J connectivity index is 1.79. The molecule has 16 heavy (non-hydrogen) atoms. The van der Waals surface area contributed by atoms with Crippen LogP contribution < -0.4 is 10.6 Å². The lowest BCUT2D eigenvalue weighted by molar-refractivity contribution is 0.0733. The second-order valence-corrected chi connectivity index (χ2v) is 3.81. The minimum absolute atomic E-state index is 0.145. The number of ether oxygens (including phenoxy) is 1. The van der Waals surface area contributed by atoms with Gasteiger partial charge in [0.05, 0.1) is 13.2 Å². The van der Waals surface area contributed by atoms with Crippen molar-refractivity contribution in [3.63, 3.8) is 0 Å². The zero-order valence-electron chi connectivity index (χ0n) is 9.27. The third kappa shape index (κ3) is 2.80. The first-order chi connectivity index (χ1) is 7.75. The van der Waals surface area contributed by atoms with Crippen molar-refractivity contribution in [2.45, 2.75) is 6.04 Å². The molecule has 0 spiro atoms. The predicted molar refractivity (Wildman–Crippen MR) is 58.2 cm³/mol. The maximum absolute atomic E-state index is 11.6. The largest absolute Gasteiger partial charge is 0.378 e. The Morgan fingerprint density at radius 3 is 3.31 bits per heavy atom. The molecule has 0 bridgehead atoms. The van der Waals surface area contributed by atoms with Crippen LogP contribution in [0.25, 0.3) is 0 Å². The number of aryl methyl sites for hydroxylation is 1. The number of hydrogen-bond donors (Lipinski definition) is 2.